The summed E-state index contributed by atoms with van der Waals surface area (Å²) in [6.07, 6.45) is -1.37. The number of carbonyl (C=O) groups excluding carboxylic acids is 1. The maximum atomic E-state index is 13.4. The van der Waals surface area contributed by atoms with E-state index in [0.717, 1.165) is 22.3 Å². The summed E-state index contributed by atoms with van der Waals surface area (Å²) in [5, 5.41) is 6.81. The second kappa shape index (κ2) is 9.21. The summed E-state index contributed by atoms with van der Waals surface area (Å²) in [6, 6.07) is 11.2. The number of hydrogen-bond acceptors (Lipinski definition) is 4. The van der Waals surface area contributed by atoms with E-state index < -0.39 is 23.2 Å². The van der Waals surface area contributed by atoms with Crippen molar-refractivity contribution in [3.8, 4) is 16.9 Å². The highest BCUT2D eigenvalue weighted by Gasteiger charge is 2.31. The Morgan fingerprint density at radius 2 is 1.86 bits per heavy atom. The second-order valence-corrected chi connectivity index (χ2v) is 8.10. The number of alkyl halides is 3. The van der Waals surface area contributed by atoms with Crippen molar-refractivity contribution in [2.45, 2.75) is 26.6 Å². The Kier molecular flexibility index (Phi) is 6.29. The van der Waals surface area contributed by atoms with Crippen molar-refractivity contribution in [3.63, 3.8) is 0 Å². The predicted octanol–water partition coefficient (Wildman–Crippen LogP) is 4.20. The van der Waals surface area contributed by atoms with E-state index in [0.29, 0.717) is 22.6 Å². The number of carbonyl (C=O) groups is 1. The third-order valence-corrected chi connectivity index (χ3v) is 5.62. The monoisotopic (exact) mass is 481 g/mol. The van der Waals surface area contributed by atoms with Crippen LogP contribution in [0, 0.1) is 13.8 Å². The molecule has 4 rings (SSSR count). The SMILES string of the molecule is Cc1ccc(CNC(=O)c2cc(-c3ccnn3C)c(C)n(-c3cccc(C(F)(F)F)c3)c2=O)nc1. The van der Waals surface area contributed by atoms with Gasteiger partial charge in [-0.3, -0.25) is 23.8 Å². The maximum Gasteiger partial charge on any atom is 0.416 e. The number of aryl methyl sites for hydroxylation is 2. The van der Waals surface area contributed by atoms with Gasteiger partial charge in [0.05, 0.1) is 23.5 Å². The molecule has 1 N–H and O–H groups in total. The summed E-state index contributed by atoms with van der Waals surface area (Å²) in [5.74, 6) is -0.665. The van der Waals surface area contributed by atoms with Gasteiger partial charge in [-0.25, -0.2) is 0 Å². The molecule has 1 amide bonds. The molecule has 180 valence electrons. The van der Waals surface area contributed by atoms with E-state index in [-0.39, 0.29) is 17.8 Å². The zero-order valence-electron chi connectivity index (χ0n) is 19.2. The molecular weight excluding hydrogens is 459 g/mol. The molecule has 3 heterocycles. The molecule has 4 aromatic rings. The lowest BCUT2D eigenvalue weighted by Gasteiger charge is -2.18. The standard InChI is InChI=1S/C25H22F3N5O2/c1-15-7-8-18(29-13-15)14-30-23(34)21-12-20(22-9-10-31-32(22)3)16(2)33(24(21)35)19-6-4-5-17(11-19)25(26,27)28/h4-13H,14H2,1-3H3,(H,30,34). The van der Waals surface area contributed by atoms with E-state index >= 15 is 0 Å². The van der Waals surface area contributed by atoms with Gasteiger partial charge in [-0.05, 0) is 55.8 Å². The molecule has 0 radical (unpaired) electrons. The molecular formula is C25H22F3N5O2. The zero-order chi connectivity index (χ0) is 25.3. The van der Waals surface area contributed by atoms with Crippen LogP contribution in [-0.2, 0) is 19.8 Å². The van der Waals surface area contributed by atoms with Gasteiger partial charge in [-0.15, -0.1) is 0 Å². The highest BCUT2D eigenvalue weighted by Crippen LogP contribution is 2.31. The summed E-state index contributed by atoms with van der Waals surface area (Å²) in [4.78, 5) is 30.7. The van der Waals surface area contributed by atoms with Crippen LogP contribution in [0.25, 0.3) is 16.9 Å². The Hall–Kier alpha value is -4.21. The molecule has 35 heavy (non-hydrogen) atoms. The van der Waals surface area contributed by atoms with Crippen LogP contribution >= 0.6 is 0 Å². The Morgan fingerprint density at radius 3 is 2.49 bits per heavy atom. The van der Waals surface area contributed by atoms with Gasteiger partial charge in [-0.1, -0.05) is 12.1 Å². The Labute approximate surface area is 198 Å². The van der Waals surface area contributed by atoms with Crippen LogP contribution in [0.4, 0.5) is 13.2 Å². The van der Waals surface area contributed by atoms with Crippen LogP contribution in [0.15, 0.2) is 65.7 Å². The molecule has 10 heteroatoms. The zero-order valence-corrected chi connectivity index (χ0v) is 19.2. The first-order valence-corrected chi connectivity index (χ1v) is 10.7. The number of nitrogens with one attached hydrogen (secondary N) is 1. The van der Waals surface area contributed by atoms with Crippen molar-refractivity contribution >= 4 is 5.91 Å². The molecule has 0 aliphatic carbocycles. The van der Waals surface area contributed by atoms with Crippen LogP contribution in [0.5, 0.6) is 0 Å². The molecule has 3 aromatic heterocycles. The van der Waals surface area contributed by atoms with Gasteiger partial charge in [0.1, 0.15) is 5.56 Å². The number of amides is 1. The lowest BCUT2D eigenvalue weighted by atomic mass is 10.1. The van der Waals surface area contributed by atoms with Crippen molar-refractivity contribution in [2.75, 3.05) is 0 Å². The van der Waals surface area contributed by atoms with E-state index in [9.17, 15) is 22.8 Å². The summed E-state index contributed by atoms with van der Waals surface area (Å²) < 4.78 is 42.8. The van der Waals surface area contributed by atoms with Crippen LogP contribution in [0.3, 0.4) is 0 Å². The summed E-state index contributed by atoms with van der Waals surface area (Å²) >= 11 is 0. The minimum Gasteiger partial charge on any atom is -0.346 e. The fourth-order valence-corrected chi connectivity index (χ4v) is 3.77. The summed E-state index contributed by atoms with van der Waals surface area (Å²) in [6.45, 7) is 3.58. The third kappa shape index (κ3) is 4.86. The molecule has 0 aliphatic rings. The minimum atomic E-state index is -4.59. The molecule has 0 aliphatic heterocycles. The minimum absolute atomic E-state index is 0.000551. The average Bonchev–Trinajstić information content (AvgIpc) is 3.24. The molecule has 7 nitrogen and oxygen atoms in total. The van der Waals surface area contributed by atoms with E-state index in [1.54, 1.807) is 43.2 Å². The van der Waals surface area contributed by atoms with E-state index in [1.807, 2.05) is 13.0 Å². The molecule has 0 spiro atoms. The molecule has 0 bridgehead atoms. The fraction of sp³-hybridized carbons (Fsp3) is 0.200. The molecule has 0 unspecified atom stereocenters. The van der Waals surface area contributed by atoms with Crippen molar-refractivity contribution in [1.29, 1.82) is 0 Å². The van der Waals surface area contributed by atoms with Crippen LogP contribution in [0.1, 0.15) is 32.9 Å². The van der Waals surface area contributed by atoms with Gasteiger partial charge in [0.2, 0.25) is 0 Å². The summed E-state index contributed by atoms with van der Waals surface area (Å²) in [7, 11) is 1.69. The van der Waals surface area contributed by atoms with Crippen LogP contribution in [0.2, 0.25) is 0 Å². The lowest BCUT2D eigenvalue weighted by Crippen LogP contribution is -2.33. The number of hydrogen-bond donors (Lipinski definition) is 1. The number of benzene rings is 1. The Morgan fingerprint density at radius 1 is 1.09 bits per heavy atom. The van der Waals surface area contributed by atoms with Gasteiger partial charge >= 0.3 is 6.18 Å². The largest absolute Gasteiger partial charge is 0.416 e. The van der Waals surface area contributed by atoms with E-state index in [2.05, 4.69) is 15.4 Å². The smallest absolute Gasteiger partial charge is 0.346 e. The highest BCUT2D eigenvalue weighted by molar-refractivity contribution is 5.95. The first kappa shape index (κ1) is 23.9. The Balaban J connectivity index is 1.84. The van der Waals surface area contributed by atoms with Gasteiger partial charge < -0.3 is 5.32 Å². The van der Waals surface area contributed by atoms with Crippen molar-refractivity contribution in [3.05, 3.63) is 99.4 Å². The van der Waals surface area contributed by atoms with Gasteiger partial charge in [0.15, 0.2) is 0 Å². The fourth-order valence-electron chi connectivity index (χ4n) is 3.77. The number of nitrogens with zero attached hydrogens (tertiary/aromatic N) is 4. The van der Waals surface area contributed by atoms with Gasteiger partial charge in [-0.2, -0.15) is 18.3 Å². The maximum absolute atomic E-state index is 13.4. The molecule has 0 saturated carbocycles. The van der Waals surface area contributed by atoms with E-state index in [4.69, 9.17) is 0 Å². The lowest BCUT2D eigenvalue weighted by molar-refractivity contribution is -0.137. The quantitative estimate of drug-likeness (QED) is 0.463. The highest BCUT2D eigenvalue weighted by atomic mass is 19.4. The third-order valence-electron chi connectivity index (χ3n) is 5.62. The predicted molar refractivity (Wildman–Crippen MR) is 124 cm³/mol. The first-order chi connectivity index (χ1) is 16.6. The second-order valence-electron chi connectivity index (χ2n) is 8.10. The van der Waals surface area contributed by atoms with Gasteiger partial charge in [0, 0.05) is 36.4 Å². The normalized spacial score (nSPS) is 11.5. The molecule has 0 atom stereocenters. The van der Waals surface area contributed by atoms with Gasteiger partial charge in [0.25, 0.3) is 11.5 Å². The number of halogens is 3. The number of rotatable bonds is 5. The topological polar surface area (TPSA) is 81.8 Å². The van der Waals surface area contributed by atoms with Crippen molar-refractivity contribution < 1.29 is 18.0 Å². The average molecular weight is 481 g/mol. The van der Waals surface area contributed by atoms with Crippen molar-refractivity contribution in [2.24, 2.45) is 7.05 Å². The van der Waals surface area contributed by atoms with Crippen LogP contribution < -0.4 is 10.9 Å². The van der Waals surface area contributed by atoms with Crippen LogP contribution in [-0.4, -0.2) is 25.2 Å². The first-order valence-electron chi connectivity index (χ1n) is 10.7. The van der Waals surface area contributed by atoms with E-state index in [1.165, 1.54) is 18.2 Å². The Bertz CT molecular complexity index is 1450. The summed E-state index contributed by atoms with van der Waals surface area (Å²) in [5.41, 5.74) is 1.17. The number of pyridine rings is 2. The molecule has 0 fully saturated rings. The molecule has 0 saturated heterocycles. The van der Waals surface area contributed by atoms with Crippen molar-refractivity contribution in [1.82, 2.24) is 24.6 Å². The molecule has 1 aromatic carbocycles. The number of aromatic nitrogens is 4.